The van der Waals surface area contributed by atoms with Crippen LogP contribution < -0.4 is 10.9 Å². The summed E-state index contributed by atoms with van der Waals surface area (Å²) >= 11 is -2.23. The number of halogens is 3. The van der Waals surface area contributed by atoms with Crippen molar-refractivity contribution in [3.63, 3.8) is 0 Å². The van der Waals surface area contributed by atoms with E-state index in [4.69, 9.17) is 5.26 Å². The Balaban J connectivity index is 1.90. The molecule has 0 saturated carbocycles. The number of aromatic nitrogens is 1. The van der Waals surface area contributed by atoms with E-state index >= 15 is 0 Å². The monoisotopic (exact) mass is 488 g/mol. The summed E-state index contributed by atoms with van der Waals surface area (Å²) in [7, 11) is 0. The molecular formula is C23H17F3N3O4S-. The van der Waals surface area contributed by atoms with E-state index in [1.165, 1.54) is 18.2 Å². The molecule has 0 radical (unpaired) electrons. The second kappa shape index (κ2) is 10.5. The molecule has 1 aromatic heterocycles. The number of pyridine rings is 1. The molecule has 34 heavy (non-hydrogen) atoms. The molecule has 0 aliphatic carbocycles. The maximum Gasteiger partial charge on any atom is 0.416 e. The first-order valence-electron chi connectivity index (χ1n) is 9.81. The summed E-state index contributed by atoms with van der Waals surface area (Å²) in [5.41, 5.74) is -0.913. The Bertz CT molecular complexity index is 1330. The third kappa shape index (κ3) is 5.98. The van der Waals surface area contributed by atoms with Crippen molar-refractivity contribution in [2.75, 3.05) is 0 Å². The fourth-order valence-electron chi connectivity index (χ4n) is 3.24. The second-order valence-corrected chi connectivity index (χ2v) is 8.11. The zero-order chi connectivity index (χ0) is 24.9. The van der Waals surface area contributed by atoms with Gasteiger partial charge in [0.25, 0.3) is 11.5 Å². The summed E-state index contributed by atoms with van der Waals surface area (Å²) in [5.74, 6) is -0.893. The number of alkyl halides is 3. The molecule has 1 amide bonds. The van der Waals surface area contributed by atoms with Crippen LogP contribution >= 0.6 is 0 Å². The Morgan fingerprint density at radius 3 is 2.38 bits per heavy atom. The van der Waals surface area contributed by atoms with Gasteiger partial charge in [-0.15, -0.1) is 0 Å². The number of rotatable bonds is 7. The van der Waals surface area contributed by atoms with E-state index < -0.39 is 34.3 Å². The van der Waals surface area contributed by atoms with E-state index in [1.807, 2.05) is 6.07 Å². The number of nitriles is 1. The van der Waals surface area contributed by atoms with Crippen molar-refractivity contribution in [2.45, 2.75) is 24.9 Å². The van der Waals surface area contributed by atoms with Crippen LogP contribution in [0.1, 0.15) is 32.7 Å². The molecule has 7 nitrogen and oxygen atoms in total. The predicted octanol–water partition coefficient (Wildman–Crippen LogP) is 3.23. The lowest BCUT2D eigenvalue weighted by Gasteiger charge is -2.15. The highest BCUT2D eigenvalue weighted by Crippen LogP contribution is 2.30. The lowest BCUT2D eigenvalue weighted by Crippen LogP contribution is -2.33. The van der Waals surface area contributed by atoms with Gasteiger partial charge in [-0.2, -0.15) is 18.4 Å². The van der Waals surface area contributed by atoms with Gasteiger partial charge in [-0.25, -0.2) is 0 Å². The van der Waals surface area contributed by atoms with Gasteiger partial charge in [-0.05, 0) is 41.5 Å². The summed E-state index contributed by atoms with van der Waals surface area (Å²) < 4.78 is 61.9. The number of benzene rings is 2. The van der Waals surface area contributed by atoms with E-state index in [9.17, 15) is 31.5 Å². The Morgan fingerprint density at radius 1 is 1.09 bits per heavy atom. The third-order valence-electron chi connectivity index (χ3n) is 4.86. The number of nitrogens with zero attached hydrogens (tertiary/aromatic N) is 2. The van der Waals surface area contributed by atoms with Gasteiger partial charge in [0.05, 0.1) is 18.1 Å². The number of carbonyl (C=O) groups is 1. The van der Waals surface area contributed by atoms with Gasteiger partial charge in [0.2, 0.25) is 0 Å². The molecule has 1 atom stereocenters. The van der Waals surface area contributed by atoms with Crippen LogP contribution in [-0.4, -0.2) is 19.2 Å². The van der Waals surface area contributed by atoms with E-state index in [0.29, 0.717) is 11.1 Å². The minimum absolute atomic E-state index is 0.0303. The largest absolute Gasteiger partial charge is 0.772 e. The van der Waals surface area contributed by atoms with Gasteiger partial charge in [0.1, 0.15) is 5.56 Å². The highest BCUT2D eigenvalue weighted by Gasteiger charge is 2.31. The van der Waals surface area contributed by atoms with Crippen LogP contribution in [0.25, 0.3) is 5.69 Å². The minimum Gasteiger partial charge on any atom is -0.772 e. The molecule has 3 rings (SSSR count). The number of carbonyl (C=O) groups excluding carboxylic acids is 1. The van der Waals surface area contributed by atoms with Crippen molar-refractivity contribution in [1.29, 1.82) is 5.26 Å². The minimum atomic E-state index is -4.64. The molecule has 3 aromatic rings. The molecule has 2 aromatic carbocycles. The molecule has 11 heteroatoms. The molecule has 0 bridgehead atoms. The third-order valence-corrected chi connectivity index (χ3v) is 5.43. The molecular weight excluding hydrogens is 471 g/mol. The van der Waals surface area contributed by atoms with Gasteiger partial charge in [-0.1, -0.05) is 41.4 Å². The van der Waals surface area contributed by atoms with Crippen LogP contribution in [0.3, 0.4) is 0 Å². The van der Waals surface area contributed by atoms with Crippen molar-refractivity contribution in [2.24, 2.45) is 0 Å². The Labute approximate surface area is 194 Å². The van der Waals surface area contributed by atoms with Gasteiger partial charge in [-0.3, -0.25) is 18.4 Å². The topological polar surface area (TPSA) is 115 Å². The Morgan fingerprint density at radius 2 is 1.76 bits per heavy atom. The predicted molar refractivity (Wildman–Crippen MR) is 117 cm³/mol. The lowest BCUT2D eigenvalue weighted by atomic mass is 10.1. The van der Waals surface area contributed by atoms with E-state index in [0.717, 1.165) is 22.8 Å². The highest BCUT2D eigenvalue weighted by molar-refractivity contribution is 7.78. The first-order valence-corrected chi connectivity index (χ1v) is 11.1. The summed E-state index contributed by atoms with van der Waals surface area (Å²) in [6.45, 7) is 0.0303. The average Bonchev–Trinajstić information content (AvgIpc) is 2.78. The molecule has 0 aliphatic rings. The molecule has 0 spiro atoms. The van der Waals surface area contributed by atoms with Gasteiger partial charge >= 0.3 is 6.18 Å². The smallest absolute Gasteiger partial charge is 0.416 e. The first kappa shape index (κ1) is 24.9. The normalized spacial score (nSPS) is 12.1. The van der Waals surface area contributed by atoms with Crippen molar-refractivity contribution in [1.82, 2.24) is 9.88 Å². The molecule has 1 heterocycles. The Hall–Kier alpha value is -3.75. The van der Waals surface area contributed by atoms with Crippen LogP contribution in [0.4, 0.5) is 13.2 Å². The first-order chi connectivity index (χ1) is 16.1. The van der Waals surface area contributed by atoms with Crippen LogP contribution in [0.5, 0.6) is 0 Å². The number of nitrogens with one attached hydrogen (secondary N) is 1. The molecule has 1 unspecified atom stereocenters. The summed E-state index contributed by atoms with van der Waals surface area (Å²) in [6, 6.07) is 14.9. The fraction of sp³-hybridized carbons (Fsp3) is 0.174. The van der Waals surface area contributed by atoms with Crippen LogP contribution in [0.2, 0.25) is 0 Å². The average molecular weight is 488 g/mol. The van der Waals surface area contributed by atoms with Crippen LogP contribution in [0.15, 0.2) is 65.5 Å². The van der Waals surface area contributed by atoms with Crippen molar-refractivity contribution in [3.8, 4) is 11.8 Å². The van der Waals surface area contributed by atoms with Crippen molar-refractivity contribution in [3.05, 3.63) is 99.0 Å². The standard InChI is InChI=1S/C23H18F3N3O4S/c24-23(25,26)17-2-1-3-19(12-17)29-18(10-11-27)8-9-20(22(29)31)21(30)28-13-15-4-6-16(7-5-15)14-34(32)33/h1-9,12H,10,13-14H2,(H,28,30)(H,32,33)/p-1. The number of hydrogen-bond donors (Lipinski definition) is 1. The van der Waals surface area contributed by atoms with Gasteiger partial charge < -0.3 is 9.87 Å². The van der Waals surface area contributed by atoms with E-state index in [1.54, 1.807) is 24.3 Å². The summed E-state index contributed by atoms with van der Waals surface area (Å²) in [5, 5.41) is 11.6. The number of hydrogen-bond acceptors (Lipinski definition) is 5. The maximum atomic E-state index is 13.2. The molecule has 1 N–H and O–H groups in total. The van der Waals surface area contributed by atoms with Crippen molar-refractivity contribution < 1.29 is 26.7 Å². The van der Waals surface area contributed by atoms with E-state index in [-0.39, 0.29) is 35.7 Å². The van der Waals surface area contributed by atoms with Gasteiger partial charge in [0.15, 0.2) is 0 Å². The quantitative estimate of drug-likeness (QED) is 0.513. The van der Waals surface area contributed by atoms with Crippen molar-refractivity contribution >= 4 is 17.0 Å². The second-order valence-electron chi connectivity index (χ2n) is 7.21. The molecule has 176 valence electrons. The fourth-order valence-corrected chi connectivity index (χ4v) is 3.70. The van der Waals surface area contributed by atoms with Gasteiger partial charge in [0, 0.05) is 23.7 Å². The molecule has 0 fully saturated rings. The molecule has 0 saturated heterocycles. The van der Waals surface area contributed by atoms with Crippen LogP contribution in [-0.2, 0) is 36.0 Å². The van der Waals surface area contributed by atoms with E-state index in [2.05, 4.69) is 5.32 Å². The SMILES string of the molecule is N#CCc1ccc(C(=O)NCc2ccc(CS(=O)[O-])cc2)c(=O)n1-c1cccc(C(F)(F)F)c1. The van der Waals surface area contributed by atoms with Crippen LogP contribution in [0, 0.1) is 11.3 Å². The zero-order valence-corrected chi connectivity index (χ0v) is 18.3. The Kier molecular flexibility index (Phi) is 7.65. The summed E-state index contributed by atoms with van der Waals surface area (Å²) in [4.78, 5) is 25.8. The summed E-state index contributed by atoms with van der Waals surface area (Å²) in [6.07, 6.45) is -4.89. The maximum absolute atomic E-state index is 13.2. The molecule has 0 aliphatic heterocycles. The zero-order valence-electron chi connectivity index (χ0n) is 17.5. The highest BCUT2D eigenvalue weighted by atomic mass is 32.2. The lowest BCUT2D eigenvalue weighted by molar-refractivity contribution is -0.137. The number of amides is 1.